The molecule has 2 heterocycles. The van der Waals surface area contributed by atoms with Gasteiger partial charge in [-0.1, -0.05) is 36.4 Å². The number of likely N-dealkylation sites (tertiary alicyclic amines) is 1. The number of aliphatic hydroxyl groups is 1. The molecule has 130 valence electrons. The van der Waals surface area contributed by atoms with E-state index in [4.69, 9.17) is 0 Å². The molecule has 2 aromatic rings. The zero-order valence-corrected chi connectivity index (χ0v) is 15.4. The summed E-state index contributed by atoms with van der Waals surface area (Å²) in [6.07, 6.45) is 1.59. The quantitative estimate of drug-likeness (QED) is 0.797. The summed E-state index contributed by atoms with van der Waals surface area (Å²) in [6.45, 7) is 6.69. The van der Waals surface area contributed by atoms with E-state index in [0.717, 1.165) is 24.4 Å². The van der Waals surface area contributed by atoms with E-state index < -0.39 is 0 Å². The summed E-state index contributed by atoms with van der Waals surface area (Å²) in [5.41, 5.74) is 1.39. The summed E-state index contributed by atoms with van der Waals surface area (Å²) in [5, 5.41) is 16.0. The lowest BCUT2D eigenvalue weighted by molar-refractivity contribution is 0.154. The Bertz CT molecular complexity index is 601. The molecule has 0 spiro atoms. The first-order valence-electron chi connectivity index (χ1n) is 8.90. The van der Waals surface area contributed by atoms with Gasteiger partial charge >= 0.3 is 0 Å². The molecule has 3 rings (SSSR count). The van der Waals surface area contributed by atoms with Gasteiger partial charge in [0.1, 0.15) is 0 Å². The van der Waals surface area contributed by atoms with Crippen LogP contribution >= 0.6 is 11.3 Å². The second-order valence-electron chi connectivity index (χ2n) is 6.90. The lowest BCUT2D eigenvalue weighted by Crippen LogP contribution is -2.39. The molecule has 1 saturated heterocycles. The SMILES string of the molecule is CC(CC(O)c1cccs1)NC1CCN(C(C)c2ccccc2)C1. The third kappa shape index (κ3) is 4.45. The van der Waals surface area contributed by atoms with Crippen LogP contribution in [0.4, 0.5) is 0 Å². The van der Waals surface area contributed by atoms with Gasteiger partial charge in [0, 0.05) is 36.1 Å². The molecule has 1 aromatic heterocycles. The van der Waals surface area contributed by atoms with E-state index in [-0.39, 0.29) is 6.10 Å². The minimum atomic E-state index is -0.353. The van der Waals surface area contributed by atoms with Crippen molar-refractivity contribution in [1.82, 2.24) is 10.2 Å². The first kappa shape index (κ1) is 17.6. The summed E-state index contributed by atoms with van der Waals surface area (Å²) in [5.74, 6) is 0. The van der Waals surface area contributed by atoms with Gasteiger partial charge in [0.15, 0.2) is 0 Å². The molecular formula is C20H28N2OS. The maximum absolute atomic E-state index is 10.3. The smallest absolute Gasteiger partial charge is 0.0896 e. The Labute approximate surface area is 149 Å². The molecule has 4 unspecified atom stereocenters. The molecule has 0 bridgehead atoms. The van der Waals surface area contributed by atoms with Crippen molar-refractivity contribution in [2.24, 2.45) is 0 Å². The normalized spacial score (nSPS) is 22.4. The van der Waals surface area contributed by atoms with Crippen molar-refractivity contribution >= 4 is 11.3 Å². The summed E-state index contributed by atoms with van der Waals surface area (Å²) < 4.78 is 0. The van der Waals surface area contributed by atoms with Gasteiger partial charge in [0.05, 0.1) is 6.10 Å². The fourth-order valence-corrected chi connectivity index (χ4v) is 4.34. The summed E-state index contributed by atoms with van der Waals surface area (Å²) in [7, 11) is 0. The summed E-state index contributed by atoms with van der Waals surface area (Å²) in [6, 6.07) is 16.0. The van der Waals surface area contributed by atoms with Crippen LogP contribution in [0.1, 0.15) is 49.3 Å². The number of aliphatic hydroxyl groups excluding tert-OH is 1. The van der Waals surface area contributed by atoms with Gasteiger partial charge in [-0.15, -0.1) is 11.3 Å². The predicted molar refractivity (Wildman–Crippen MR) is 101 cm³/mol. The van der Waals surface area contributed by atoms with Crippen molar-refractivity contribution in [3.63, 3.8) is 0 Å². The molecule has 2 N–H and O–H groups in total. The van der Waals surface area contributed by atoms with Crippen LogP contribution in [0.25, 0.3) is 0 Å². The largest absolute Gasteiger partial charge is 0.388 e. The van der Waals surface area contributed by atoms with Crippen molar-refractivity contribution in [2.45, 2.75) is 50.9 Å². The highest BCUT2D eigenvalue weighted by molar-refractivity contribution is 7.10. The van der Waals surface area contributed by atoms with Crippen LogP contribution in [0.5, 0.6) is 0 Å². The van der Waals surface area contributed by atoms with E-state index in [1.54, 1.807) is 11.3 Å². The standard InChI is InChI=1S/C20H28N2OS/c1-15(13-19(23)20-9-6-12-24-20)21-18-10-11-22(14-18)16(2)17-7-4-3-5-8-17/h3-9,12,15-16,18-19,21,23H,10-11,13-14H2,1-2H3. The van der Waals surface area contributed by atoms with Gasteiger partial charge in [-0.3, -0.25) is 4.90 Å². The van der Waals surface area contributed by atoms with E-state index in [1.165, 1.54) is 12.0 Å². The molecule has 0 amide bonds. The van der Waals surface area contributed by atoms with Crippen LogP contribution in [0.3, 0.4) is 0 Å². The fourth-order valence-electron chi connectivity index (χ4n) is 3.62. The van der Waals surface area contributed by atoms with E-state index in [1.807, 2.05) is 17.5 Å². The van der Waals surface area contributed by atoms with Crippen LogP contribution in [0, 0.1) is 0 Å². The predicted octanol–water partition coefficient (Wildman–Crippen LogP) is 3.99. The zero-order valence-electron chi connectivity index (χ0n) is 14.6. The number of thiophene rings is 1. The van der Waals surface area contributed by atoms with E-state index >= 15 is 0 Å². The van der Waals surface area contributed by atoms with Gasteiger partial charge in [-0.2, -0.15) is 0 Å². The zero-order chi connectivity index (χ0) is 16.9. The molecule has 0 radical (unpaired) electrons. The van der Waals surface area contributed by atoms with E-state index in [9.17, 15) is 5.11 Å². The maximum Gasteiger partial charge on any atom is 0.0896 e. The van der Waals surface area contributed by atoms with E-state index in [0.29, 0.717) is 18.1 Å². The molecule has 1 fully saturated rings. The Hall–Kier alpha value is -1.20. The first-order chi connectivity index (χ1) is 11.6. The molecule has 1 aliphatic heterocycles. The Kier molecular flexibility index (Phi) is 6.06. The molecule has 0 saturated carbocycles. The van der Waals surface area contributed by atoms with E-state index in [2.05, 4.69) is 54.4 Å². The first-order valence-corrected chi connectivity index (χ1v) is 9.78. The van der Waals surface area contributed by atoms with Crippen LogP contribution in [0.15, 0.2) is 47.8 Å². The number of benzene rings is 1. The average molecular weight is 345 g/mol. The van der Waals surface area contributed by atoms with Gasteiger partial charge in [0.25, 0.3) is 0 Å². The lowest BCUT2D eigenvalue weighted by Gasteiger charge is -2.26. The highest BCUT2D eigenvalue weighted by Gasteiger charge is 2.27. The Morgan fingerprint density at radius 3 is 2.71 bits per heavy atom. The number of nitrogens with zero attached hydrogens (tertiary/aromatic N) is 1. The van der Waals surface area contributed by atoms with Crippen LogP contribution in [-0.2, 0) is 0 Å². The summed E-state index contributed by atoms with van der Waals surface area (Å²) in [4.78, 5) is 3.62. The van der Waals surface area contributed by atoms with Crippen molar-refractivity contribution in [1.29, 1.82) is 0 Å². The average Bonchev–Trinajstić information content (AvgIpc) is 3.26. The molecule has 24 heavy (non-hydrogen) atoms. The molecule has 0 aliphatic carbocycles. The Morgan fingerprint density at radius 2 is 2.00 bits per heavy atom. The molecule has 4 heteroatoms. The van der Waals surface area contributed by atoms with Gasteiger partial charge in [-0.05, 0) is 43.7 Å². The van der Waals surface area contributed by atoms with Gasteiger partial charge in [0.2, 0.25) is 0 Å². The molecule has 4 atom stereocenters. The second-order valence-corrected chi connectivity index (χ2v) is 7.88. The van der Waals surface area contributed by atoms with Crippen LogP contribution in [0.2, 0.25) is 0 Å². The number of hydrogen-bond donors (Lipinski definition) is 2. The molecule has 3 nitrogen and oxygen atoms in total. The second kappa shape index (κ2) is 8.26. The van der Waals surface area contributed by atoms with Gasteiger partial charge < -0.3 is 10.4 Å². The minimum absolute atomic E-state index is 0.319. The topological polar surface area (TPSA) is 35.5 Å². The highest BCUT2D eigenvalue weighted by Crippen LogP contribution is 2.26. The maximum atomic E-state index is 10.3. The van der Waals surface area contributed by atoms with Crippen molar-refractivity contribution in [2.75, 3.05) is 13.1 Å². The summed E-state index contributed by atoms with van der Waals surface area (Å²) >= 11 is 1.63. The van der Waals surface area contributed by atoms with Crippen LogP contribution < -0.4 is 5.32 Å². The minimum Gasteiger partial charge on any atom is -0.388 e. The van der Waals surface area contributed by atoms with Gasteiger partial charge in [-0.25, -0.2) is 0 Å². The molecular weight excluding hydrogens is 316 g/mol. The van der Waals surface area contributed by atoms with Crippen molar-refractivity contribution < 1.29 is 5.11 Å². The Balaban J connectivity index is 1.47. The number of hydrogen-bond acceptors (Lipinski definition) is 4. The van der Waals surface area contributed by atoms with Crippen molar-refractivity contribution in [3.05, 3.63) is 58.3 Å². The number of nitrogens with one attached hydrogen (secondary N) is 1. The monoisotopic (exact) mass is 344 g/mol. The molecule has 1 aromatic carbocycles. The van der Waals surface area contributed by atoms with Crippen molar-refractivity contribution in [3.8, 4) is 0 Å². The Morgan fingerprint density at radius 1 is 1.21 bits per heavy atom. The third-order valence-electron chi connectivity index (χ3n) is 5.02. The lowest BCUT2D eigenvalue weighted by atomic mass is 10.1. The number of rotatable bonds is 7. The highest BCUT2D eigenvalue weighted by atomic mass is 32.1. The fraction of sp³-hybridized carbons (Fsp3) is 0.500. The third-order valence-corrected chi connectivity index (χ3v) is 5.99. The van der Waals surface area contributed by atoms with Crippen LogP contribution in [-0.4, -0.2) is 35.2 Å². The molecule has 1 aliphatic rings.